The molecule has 0 radical (unpaired) electrons. The summed E-state index contributed by atoms with van der Waals surface area (Å²) in [6, 6.07) is 0. The van der Waals surface area contributed by atoms with E-state index >= 15 is 0 Å². The summed E-state index contributed by atoms with van der Waals surface area (Å²) >= 11 is 0. The summed E-state index contributed by atoms with van der Waals surface area (Å²) < 4.78 is 15.9. The van der Waals surface area contributed by atoms with Crippen LogP contribution >= 0.6 is 0 Å². The molecule has 16 heteroatoms. The monoisotopic (exact) mass is 506 g/mol. The highest BCUT2D eigenvalue weighted by Gasteiger charge is 2.53. The van der Waals surface area contributed by atoms with E-state index in [1.54, 1.807) is 0 Å². The molecule has 202 valence electrons. The number of ether oxygens (including phenoxy) is 3. The molecular formula is C18H34O16. The first-order valence-electron chi connectivity index (χ1n) is 10.5. The largest absolute Gasteiger partial charge is 0.394 e. The van der Waals surface area contributed by atoms with E-state index < -0.39 is 112 Å². The molecule has 0 bridgehead atoms. The third-order valence-electron chi connectivity index (χ3n) is 6.01. The summed E-state index contributed by atoms with van der Waals surface area (Å²) in [5.74, 6) is 0. The topological polar surface area (TPSA) is 291 Å². The number of rotatable bonds is 10. The first-order valence-corrected chi connectivity index (χ1v) is 10.5. The molecule has 34 heavy (non-hydrogen) atoms. The normalized spacial score (nSPS) is 43.7. The van der Waals surface area contributed by atoms with E-state index in [-0.39, 0.29) is 0 Å². The van der Waals surface area contributed by atoms with Gasteiger partial charge >= 0.3 is 0 Å². The average molecular weight is 506 g/mol. The third-order valence-corrected chi connectivity index (χ3v) is 6.01. The van der Waals surface area contributed by atoms with Crippen LogP contribution < -0.4 is 0 Å². The first kappa shape index (κ1) is 29.6. The van der Waals surface area contributed by atoms with E-state index in [0.717, 1.165) is 0 Å². The van der Waals surface area contributed by atoms with Crippen molar-refractivity contribution in [3.63, 3.8) is 0 Å². The molecule has 0 aromatic heterocycles. The lowest BCUT2D eigenvalue weighted by Crippen LogP contribution is -2.67. The summed E-state index contributed by atoms with van der Waals surface area (Å²) in [5, 5.41) is 129. The summed E-state index contributed by atoms with van der Waals surface area (Å²) in [5.41, 5.74) is 0. The second kappa shape index (κ2) is 12.5. The Hall–Kier alpha value is -0.640. The molecule has 0 spiro atoms. The molecule has 3 unspecified atom stereocenters. The predicted octanol–water partition coefficient (Wildman–Crippen LogP) is -8.55. The molecule has 2 heterocycles. The van der Waals surface area contributed by atoms with Gasteiger partial charge in [0, 0.05) is 0 Å². The minimum absolute atomic E-state index is 0.845. The van der Waals surface area contributed by atoms with Gasteiger partial charge in [0.15, 0.2) is 6.29 Å². The van der Waals surface area contributed by atoms with Crippen molar-refractivity contribution < 1.29 is 80.6 Å². The fourth-order valence-corrected chi connectivity index (χ4v) is 3.82. The van der Waals surface area contributed by atoms with Crippen LogP contribution in [0.15, 0.2) is 0 Å². The van der Waals surface area contributed by atoms with Crippen molar-refractivity contribution in [1.82, 2.24) is 0 Å². The van der Waals surface area contributed by atoms with Crippen LogP contribution in [0.25, 0.3) is 0 Å². The smallest absolute Gasteiger partial charge is 0.187 e. The highest BCUT2D eigenvalue weighted by Crippen LogP contribution is 2.31. The van der Waals surface area contributed by atoms with E-state index in [9.17, 15) is 61.3 Å². The molecule has 0 amide bonds. The SMILES string of the molecule is OC[C@@H](O)[C@@H](O)[C@H](O)[C@H](O)C(OC1O[C@H](CO)[C@@H](O)[C@H](O)[C@H]1O)C1O[C@H](CO)[C@@H](O)[C@H](O)[C@H]1O. The van der Waals surface area contributed by atoms with Crippen molar-refractivity contribution in [3.8, 4) is 0 Å². The standard InChI is InChI=1S/C18H34O16/c19-1-4(22)7(23)10(26)13(29)17(16-14(30)11(27)8(24)5(2-20)32-16)34-18-15(31)12(28)9(25)6(3-21)33-18/h4-31H,1-3H2/t4-,5-,6-,7-,8-,9-,10+,11+,12+,13+,14-,15-,16?,17?,18?/m1/s1. The van der Waals surface area contributed by atoms with Crippen molar-refractivity contribution in [1.29, 1.82) is 0 Å². The molecule has 2 saturated heterocycles. The highest BCUT2D eigenvalue weighted by molar-refractivity contribution is 5.00. The Morgan fingerprint density at radius 2 is 1.09 bits per heavy atom. The minimum Gasteiger partial charge on any atom is -0.394 e. The van der Waals surface area contributed by atoms with Gasteiger partial charge in [0.1, 0.15) is 85.5 Å². The van der Waals surface area contributed by atoms with Gasteiger partial charge in [-0.25, -0.2) is 0 Å². The van der Waals surface area contributed by atoms with Crippen molar-refractivity contribution in [2.24, 2.45) is 0 Å². The van der Waals surface area contributed by atoms with Gasteiger partial charge in [0.2, 0.25) is 0 Å². The van der Waals surface area contributed by atoms with E-state index in [2.05, 4.69) is 0 Å². The predicted molar refractivity (Wildman–Crippen MR) is 104 cm³/mol. The number of aliphatic hydroxyl groups excluding tert-OH is 13. The van der Waals surface area contributed by atoms with Gasteiger partial charge in [0.05, 0.1) is 19.8 Å². The molecule has 2 fully saturated rings. The second-order valence-corrected chi connectivity index (χ2v) is 8.31. The maximum atomic E-state index is 10.7. The first-order chi connectivity index (χ1) is 15.9. The van der Waals surface area contributed by atoms with Crippen molar-refractivity contribution in [2.75, 3.05) is 19.8 Å². The summed E-state index contributed by atoms with van der Waals surface area (Å²) in [7, 11) is 0. The Morgan fingerprint density at radius 1 is 0.588 bits per heavy atom. The van der Waals surface area contributed by atoms with Gasteiger partial charge in [-0.3, -0.25) is 0 Å². The molecule has 2 aliphatic heterocycles. The van der Waals surface area contributed by atoms with Crippen LogP contribution in [0, 0.1) is 0 Å². The molecule has 0 saturated carbocycles. The Kier molecular flexibility index (Phi) is 10.9. The van der Waals surface area contributed by atoms with Crippen LogP contribution in [0.5, 0.6) is 0 Å². The number of aliphatic hydroxyl groups is 13. The lowest BCUT2D eigenvalue weighted by atomic mass is 9.87. The Balaban J connectivity index is 2.39. The van der Waals surface area contributed by atoms with E-state index in [4.69, 9.17) is 19.3 Å². The Labute approximate surface area is 193 Å². The lowest BCUT2D eigenvalue weighted by molar-refractivity contribution is -0.344. The number of hydrogen-bond acceptors (Lipinski definition) is 16. The average Bonchev–Trinajstić information content (AvgIpc) is 2.84. The molecule has 15 atom stereocenters. The van der Waals surface area contributed by atoms with Gasteiger partial charge in [-0.2, -0.15) is 0 Å². The maximum absolute atomic E-state index is 10.7. The van der Waals surface area contributed by atoms with E-state index in [1.807, 2.05) is 0 Å². The van der Waals surface area contributed by atoms with Crippen molar-refractivity contribution in [3.05, 3.63) is 0 Å². The molecule has 0 aromatic rings. The zero-order valence-electron chi connectivity index (χ0n) is 17.8. The van der Waals surface area contributed by atoms with Gasteiger partial charge in [-0.05, 0) is 0 Å². The van der Waals surface area contributed by atoms with E-state index in [0.29, 0.717) is 0 Å². The van der Waals surface area contributed by atoms with Gasteiger partial charge in [0.25, 0.3) is 0 Å². The fraction of sp³-hybridized carbons (Fsp3) is 1.00. The zero-order valence-corrected chi connectivity index (χ0v) is 17.8. The van der Waals surface area contributed by atoms with Crippen LogP contribution in [-0.4, -0.2) is 178 Å². The molecule has 13 N–H and O–H groups in total. The summed E-state index contributed by atoms with van der Waals surface area (Å²) in [6.07, 6.45) is -29.1. The van der Waals surface area contributed by atoms with E-state index in [1.165, 1.54) is 0 Å². The molecule has 16 nitrogen and oxygen atoms in total. The summed E-state index contributed by atoms with van der Waals surface area (Å²) in [4.78, 5) is 0. The van der Waals surface area contributed by atoms with Crippen LogP contribution in [0.3, 0.4) is 0 Å². The number of hydrogen-bond donors (Lipinski definition) is 13. The summed E-state index contributed by atoms with van der Waals surface area (Å²) in [6.45, 7) is -2.75. The molecular weight excluding hydrogens is 472 g/mol. The lowest BCUT2D eigenvalue weighted by Gasteiger charge is -2.47. The van der Waals surface area contributed by atoms with Gasteiger partial charge in [-0.1, -0.05) is 0 Å². The Morgan fingerprint density at radius 3 is 1.59 bits per heavy atom. The van der Waals surface area contributed by atoms with Gasteiger partial charge < -0.3 is 80.6 Å². The quantitative estimate of drug-likeness (QED) is 0.131. The minimum atomic E-state index is -2.31. The maximum Gasteiger partial charge on any atom is 0.187 e. The second-order valence-electron chi connectivity index (χ2n) is 8.31. The zero-order chi connectivity index (χ0) is 25.9. The Bertz CT molecular complexity index is 609. The van der Waals surface area contributed by atoms with Crippen molar-refractivity contribution >= 4 is 0 Å². The van der Waals surface area contributed by atoms with Crippen molar-refractivity contribution in [2.45, 2.75) is 91.7 Å². The van der Waals surface area contributed by atoms with Gasteiger partial charge in [-0.15, -0.1) is 0 Å². The van der Waals surface area contributed by atoms with Crippen LogP contribution in [0.4, 0.5) is 0 Å². The fourth-order valence-electron chi connectivity index (χ4n) is 3.82. The van der Waals surface area contributed by atoms with Crippen LogP contribution in [-0.2, 0) is 14.2 Å². The molecule has 2 rings (SSSR count). The van der Waals surface area contributed by atoms with Crippen LogP contribution in [0.2, 0.25) is 0 Å². The molecule has 0 aliphatic carbocycles. The molecule has 2 aliphatic rings. The third kappa shape index (κ3) is 6.01. The molecule has 0 aromatic carbocycles. The van der Waals surface area contributed by atoms with Crippen LogP contribution in [0.1, 0.15) is 0 Å². The highest BCUT2D eigenvalue weighted by atomic mass is 16.7.